The summed E-state index contributed by atoms with van der Waals surface area (Å²) < 4.78 is 38.2. The molecule has 0 aliphatic rings. The van der Waals surface area contributed by atoms with E-state index in [-0.39, 0.29) is 35.7 Å². The molecule has 2 N–H and O–H groups in total. The maximum Gasteiger partial charge on any atom is 0.254 e. The average molecular weight is 440 g/mol. The van der Waals surface area contributed by atoms with Crippen molar-refractivity contribution in [3.8, 4) is 11.5 Å². The second kappa shape index (κ2) is 10.4. The van der Waals surface area contributed by atoms with Gasteiger partial charge in [-0.25, -0.2) is 8.78 Å². The summed E-state index contributed by atoms with van der Waals surface area (Å²) in [5.41, 5.74) is 1.37. The third-order valence-corrected chi connectivity index (χ3v) is 4.78. The largest absolute Gasteiger partial charge is 0.494 e. The van der Waals surface area contributed by atoms with Gasteiger partial charge in [0.1, 0.15) is 0 Å². The lowest BCUT2D eigenvalue weighted by Crippen LogP contribution is -2.24. The van der Waals surface area contributed by atoms with Gasteiger partial charge >= 0.3 is 0 Å². The van der Waals surface area contributed by atoms with Crippen molar-refractivity contribution in [2.75, 3.05) is 14.2 Å². The molecule has 0 fully saturated rings. The maximum atomic E-state index is 14.2. The van der Waals surface area contributed by atoms with Crippen LogP contribution in [0.4, 0.5) is 8.78 Å². The number of halogens is 2. The van der Waals surface area contributed by atoms with E-state index in [9.17, 15) is 18.4 Å². The summed E-state index contributed by atoms with van der Waals surface area (Å²) in [5.74, 6) is -2.55. The molecule has 0 aliphatic heterocycles. The number of hydrogen-bond acceptors (Lipinski definition) is 4. The van der Waals surface area contributed by atoms with Crippen molar-refractivity contribution in [3.05, 3.63) is 94.6 Å². The highest BCUT2D eigenvalue weighted by Gasteiger charge is 2.16. The van der Waals surface area contributed by atoms with Crippen LogP contribution in [0, 0.1) is 11.6 Å². The summed E-state index contributed by atoms with van der Waals surface area (Å²) in [6.45, 7) is 0.383. The van der Waals surface area contributed by atoms with Crippen LogP contribution >= 0.6 is 0 Å². The number of ether oxygens (including phenoxy) is 2. The molecule has 2 amide bonds. The molecule has 0 atom stereocenters. The summed E-state index contributed by atoms with van der Waals surface area (Å²) in [5, 5.41) is 5.32. The Morgan fingerprint density at radius 2 is 1.06 bits per heavy atom. The zero-order valence-corrected chi connectivity index (χ0v) is 17.6. The average Bonchev–Trinajstić information content (AvgIpc) is 2.82. The number of carbonyl (C=O) groups is 2. The van der Waals surface area contributed by atoms with Crippen molar-refractivity contribution < 1.29 is 27.8 Å². The lowest BCUT2D eigenvalue weighted by Gasteiger charge is -2.10. The van der Waals surface area contributed by atoms with E-state index >= 15 is 0 Å². The molecular weight excluding hydrogens is 418 g/mol. The van der Waals surface area contributed by atoms with Crippen LogP contribution in [0.5, 0.6) is 11.5 Å². The highest BCUT2D eigenvalue weighted by molar-refractivity contribution is 5.95. The van der Waals surface area contributed by atoms with Crippen molar-refractivity contribution in [2.45, 2.75) is 13.1 Å². The number of nitrogens with one attached hydrogen (secondary N) is 2. The maximum absolute atomic E-state index is 14.2. The lowest BCUT2D eigenvalue weighted by molar-refractivity contribution is 0.0937. The minimum absolute atomic E-state index is 0.00196. The van der Waals surface area contributed by atoms with E-state index in [0.29, 0.717) is 0 Å². The number of hydrogen-bond donors (Lipinski definition) is 2. The molecule has 0 saturated carbocycles. The Kier molecular flexibility index (Phi) is 7.38. The minimum atomic E-state index is -0.717. The fourth-order valence-electron chi connectivity index (χ4n) is 3.02. The van der Waals surface area contributed by atoms with Crippen molar-refractivity contribution in [3.63, 3.8) is 0 Å². The lowest BCUT2D eigenvalue weighted by atomic mass is 10.1. The van der Waals surface area contributed by atoms with Crippen LogP contribution in [0.1, 0.15) is 31.8 Å². The zero-order valence-electron chi connectivity index (χ0n) is 17.6. The Bertz CT molecular complexity index is 1030. The number of carbonyl (C=O) groups excluding carboxylic acids is 2. The van der Waals surface area contributed by atoms with Gasteiger partial charge in [0.05, 0.1) is 25.3 Å². The monoisotopic (exact) mass is 440 g/mol. The fourth-order valence-corrected chi connectivity index (χ4v) is 3.02. The Morgan fingerprint density at radius 1 is 0.688 bits per heavy atom. The first-order chi connectivity index (χ1) is 15.4. The first kappa shape index (κ1) is 22.7. The smallest absolute Gasteiger partial charge is 0.254 e. The topological polar surface area (TPSA) is 76.7 Å². The highest BCUT2D eigenvalue weighted by Crippen LogP contribution is 2.21. The quantitative estimate of drug-likeness (QED) is 0.558. The molecule has 3 rings (SSSR count). The molecule has 3 aromatic rings. The van der Waals surface area contributed by atoms with Gasteiger partial charge in [0, 0.05) is 13.1 Å². The molecule has 0 radical (unpaired) electrons. The second-order valence-electron chi connectivity index (χ2n) is 6.83. The first-order valence-electron chi connectivity index (χ1n) is 9.73. The Labute approximate surface area is 184 Å². The molecule has 3 aromatic carbocycles. The van der Waals surface area contributed by atoms with Crippen LogP contribution < -0.4 is 20.1 Å². The van der Waals surface area contributed by atoms with Gasteiger partial charge in [0.25, 0.3) is 11.8 Å². The molecule has 32 heavy (non-hydrogen) atoms. The van der Waals surface area contributed by atoms with Gasteiger partial charge in [-0.1, -0.05) is 36.4 Å². The molecule has 0 unspecified atom stereocenters. The van der Waals surface area contributed by atoms with E-state index in [1.54, 1.807) is 24.3 Å². The molecular formula is C24H22F2N2O4. The van der Waals surface area contributed by atoms with E-state index in [1.807, 2.05) is 0 Å². The normalized spacial score (nSPS) is 10.4. The summed E-state index contributed by atoms with van der Waals surface area (Å²) in [6, 6.07) is 15.8. The van der Waals surface area contributed by atoms with Crippen molar-refractivity contribution in [1.29, 1.82) is 0 Å². The molecule has 0 heterocycles. The Balaban J connectivity index is 1.55. The zero-order chi connectivity index (χ0) is 23.1. The van der Waals surface area contributed by atoms with Gasteiger partial charge in [-0.3, -0.25) is 9.59 Å². The van der Waals surface area contributed by atoms with Gasteiger partial charge in [-0.05, 0) is 35.4 Å². The second-order valence-corrected chi connectivity index (χ2v) is 6.83. The molecule has 6 nitrogen and oxygen atoms in total. The molecule has 0 saturated heterocycles. The molecule has 8 heteroatoms. The van der Waals surface area contributed by atoms with Crippen LogP contribution in [0.15, 0.2) is 60.7 Å². The molecule has 0 spiro atoms. The van der Waals surface area contributed by atoms with Crippen molar-refractivity contribution >= 4 is 11.8 Å². The molecule has 166 valence electrons. The number of methoxy groups -OCH3 is 2. The van der Waals surface area contributed by atoms with Crippen LogP contribution in [0.25, 0.3) is 0 Å². The van der Waals surface area contributed by atoms with Crippen LogP contribution in [-0.2, 0) is 13.1 Å². The Hall–Kier alpha value is -3.94. The highest BCUT2D eigenvalue weighted by atomic mass is 19.1. The van der Waals surface area contributed by atoms with Gasteiger partial charge in [0.15, 0.2) is 23.1 Å². The number of rotatable bonds is 8. The van der Waals surface area contributed by atoms with E-state index in [0.717, 1.165) is 11.1 Å². The van der Waals surface area contributed by atoms with E-state index < -0.39 is 23.4 Å². The fraction of sp³-hybridized carbons (Fsp3) is 0.167. The van der Waals surface area contributed by atoms with E-state index in [1.165, 1.54) is 50.6 Å². The van der Waals surface area contributed by atoms with Gasteiger partial charge in [0.2, 0.25) is 0 Å². The van der Waals surface area contributed by atoms with E-state index in [2.05, 4.69) is 10.6 Å². The standard InChI is InChI=1S/C24H22F2N2O4/c1-31-19-7-3-5-17(21(19)25)23(29)27-13-15-9-11-16(12-10-15)14-28-24(30)18-6-4-8-20(32-2)22(18)26/h3-12H,13-14H2,1-2H3,(H,27,29)(H,28,30). The number of benzene rings is 3. The number of amides is 2. The van der Waals surface area contributed by atoms with Crippen LogP contribution in [0.2, 0.25) is 0 Å². The van der Waals surface area contributed by atoms with Gasteiger partial charge in [-0.2, -0.15) is 0 Å². The predicted molar refractivity (Wildman–Crippen MR) is 115 cm³/mol. The van der Waals surface area contributed by atoms with Crippen molar-refractivity contribution in [2.24, 2.45) is 0 Å². The third-order valence-electron chi connectivity index (χ3n) is 4.78. The Morgan fingerprint density at radius 3 is 1.41 bits per heavy atom. The van der Waals surface area contributed by atoms with E-state index in [4.69, 9.17) is 9.47 Å². The van der Waals surface area contributed by atoms with Gasteiger partial charge < -0.3 is 20.1 Å². The predicted octanol–water partition coefficient (Wildman–Crippen LogP) is 3.84. The SMILES string of the molecule is COc1cccc(C(=O)NCc2ccc(CNC(=O)c3cccc(OC)c3F)cc2)c1F. The molecule has 0 bridgehead atoms. The summed E-state index contributed by atoms with van der Waals surface area (Å²) >= 11 is 0. The summed E-state index contributed by atoms with van der Waals surface area (Å²) in [7, 11) is 2.66. The summed E-state index contributed by atoms with van der Waals surface area (Å²) in [4.78, 5) is 24.5. The van der Waals surface area contributed by atoms with Crippen molar-refractivity contribution in [1.82, 2.24) is 10.6 Å². The van der Waals surface area contributed by atoms with Gasteiger partial charge in [-0.15, -0.1) is 0 Å². The summed E-state index contributed by atoms with van der Waals surface area (Å²) in [6.07, 6.45) is 0. The van der Waals surface area contributed by atoms with Crippen LogP contribution in [-0.4, -0.2) is 26.0 Å². The molecule has 0 aromatic heterocycles. The molecule has 0 aliphatic carbocycles. The first-order valence-corrected chi connectivity index (χ1v) is 9.73. The minimum Gasteiger partial charge on any atom is -0.494 e. The van der Waals surface area contributed by atoms with Crippen LogP contribution in [0.3, 0.4) is 0 Å². The third kappa shape index (κ3) is 5.21.